The van der Waals surface area contributed by atoms with Crippen LogP contribution in [0.1, 0.15) is 39.0 Å². The number of halogens is 1. The summed E-state index contributed by atoms with van der Waals surface area (Å²) in [5.74, 6) is 0.959. The molecule has 0 radical (unpaired) electrons. The maximum atomic E-state index is 12.8. The van der Waals surface area contributed by atoms with E-state index in [1.54, 1.807) is 4.90 Å². The number of benzene rings is 1. The van der Waals surface area contributed by atoms with Crippen LogP contribution in [-0.2, 0) is 4.79 Å². The van der Waals surface area contributed by atoms with Gasteiger partial charge in [-0.05, 0) is 56.4 Å². The zero-order valence-electron chi connectivity index (χ0n) is 12.2. The molecule has 0 atom stereocenters. The van der Waals surface area contributed by atoms with Gasteiger partial charge >= 0.3 is 0 Å². The number of amides is 1. The lowest BCUT2D eigenvalue weighted by atomic mass is 9.93. The average Bonchev–Trinajstić information content (AvgIpc) is 2.79. The van der Waals surface area contributed by atoms with Crippen molar-refractivity contribution in [3.05, 3.63) is 40.4 Å². The monoisotopic (exact) mass is 302 g/mol. The number of amidine groups is 1. The van der Waals surface area contributed by atoms with Crippen molar-refractivity contribution in [1.29, 1.82) is 0 Å². The van der Waals surface area contributed by atoms with Gasteiger partial charge < -0.3 is 0 Å². The minimum atomic E-state index is 0.0990. The number of nitrogens with zero attached hydrogens (tertiary/aromatic N) is 2. The van der Waals surface area contributed by atoms with Crippen LogP contribution in [0.5, 0.6) is 0 Å². The van der Waals surface area contributed by atoms with Crippen molar-refractivity contribution in [2.45, 2.75) is 39.0 Å². The number of aliphatic imine (C=N–C) groups is 1. The predicted octanol–water partition coefficient (Wildman–Crippen LogP) is 4.37. The second-order valence-electron chi connectivity index (χ2n) is 5.49. The summed E-state index contributed by atoms with van der Waals surface area (Å²) in [6, 6.07) is 7.41. The molecule has 1 aliphatic carbocycles. The summed E-state index contributed by atoms with van der Waals surface area (Å²) >= 11 is 5.95. The van der Waals surface area contributed by atoms with Crippen molar-refractivity contribution in [3.8, 4) is 0 Å². The summed E-state index contributed by atoms with van der Waals surface area (Å²) < 4.78 is 0. The molecule has 1 aromatic rings. The van der Waals surface area contributed by atoms with Crippen LogP contribution in [0.15, 0.2) is 40.4 Å². The van der Waals surface area contributed by atoms with Gasteiger partial charge in [-0.25, -0.2) is 0 Å². The lowest BCUT2D eigenvalue weighted by Crippen LogP contribution is -2.32. The highest BCUT2D eigenvalue weighted by Gasteiger charge is 2.37. The van der Waals surface area contributed by atoms with E-state index < -0.39 is 0 Å². The van der Waals surface area contributed by atoms with E-state index in [9.17, 15) is 4.79 Å². The molecule has 3 rings (SSSR count). The maximum absolute atomic E-state index is 12.8. The van der Waals surface area contributed by atoms with Crippen LogP contribution in [0.2, 0.25) is 5.02 Å². The van der Waals surface area contributed by atoms with Crippen molar-refractivity contribution < 1.29 is 4.79 Å². The summed E-state index contributed by atoms with van der Waals surface area (Å²) in [6.07, 6.45) is 5.07. The Bertz CT molecular complexity index is 616. The number of anilines is 1. The van der Waals surface area contributed by atoms with E-state index in [-0.39, 0.29) is 5.91 Å². The molecule has 1 aliphatic heterocycles. The Labute approximate surface area is 130 Å². The number of hydrogen-bond donors (Lipinski definition) is 0. The van der Waals surface area contributed by atoms with Crippen LogP contribution in [0, 0.1) is 0 Å². The fraction of sp³-hybridized carbons (Fsp3) is 0.412. The molecule has 21 heavy (non-hydrogen) atoms. The Morgan fingerprint density at radius 2 is 1.81 bits per heavy atom. The minimum Gasteiger partial charge on any atom is -0.269 e. The number of carbonyl (C=O) groups is 1. The number of hydrogen-bond acceptors (Lipinski definition) is 2. The molecule has 1 heterocycles. The smallest absolute Gasteiger partial charge is 0.260 e. The second kappa shape index (κ2) is 6.02. The SMILES string of the molecule is CCCN=C1C2=C(CCCC2)C(=O)N1c1ccc(Cl)cc1. The molecule has 4 heteroatoms. The Hall–Kier alpha value is -1.61. The fourth-order valence-corrected chi connectivity index (χ4v) is 3.09. The highest BCUT2D eigenvalue weighted by atomic mass is 35.5. The zero-order valence-corrected chi connectivity index (χ0v) is 13.0. The minimum absolute atomic E-state index is 0.0990. The van der Waals surface area contributed by atoms with Crippen LogP contribution in [0.3, 0.4) is 0 Å². The highest BCUT2D eigenvalue weighted by Crippen LogP contribution is 2.36. The van der Waals surface area contributed by atoms with Gasteiger partial charge in [-0.3, -0.25) is 14.7 Å². The number of rotatable bonds is 3. The predicted molar refractivity (Wildman–Crippen MR) is 87.0 cm³/mol. The molecule has 0 N–H and O–H groups in total. The standard InChI is InChI=1S/C17H19ClN2O/c1-2-11-19-16-14-5-3-4-6-15(14)17(21)20(16)13-9-7-12(18)8-10-13/h7-10H,2-6,11H2,1H3. The zero-order chi connectivity index (χ0) is 14.8. The fourth-order valence-electron chi connectivity index (χ4n) is 2.97. The number of carbonyl (C=O) groups excluding carboxylic acids is 1. The van der Waals surface area contributed by atoms with Crippen LogP contribution >= 0.6 is 11.6 Å². The summed E-state index contributed by atoms with van der Waals surface area (Å²) in [7, 11) is 0. The molecule has 0 spiro atoms. The van der Waals surface area contributed by atoms with Gasteiger partial charge in [0.05, 0.1) is 5.69 Å². The normalized spacial score (nSPS) is 20.4. The topological polar surface area (TPSA) is 32.7 Å². The summed E-state index contributed by atoms with van der Waals surface area (Å²) in [4.78, 5) is 19.2. The Balaban J connectivity index is 2.02. The van der Waals surface area contributed by atoms with E-state index >= 15 is 0 Å². The lowest BCUT2D eigenvalue weighted by Gasteiger charge is -2.19. The summed E-state index contributed by atoms with van der Waals surface area (Å²) in [6.45, 7) is 2.85. The molecule has 3 nitrogen and oxygen atoms in total. The van der Waals surface area contributed by atoms with Gasteiger partial charge in [0.25, 0.3) is 5.91 Å². The third-order valence-electron chi connectivity index (χ3n) is 3.98. The first-order valence-electron chi connectivity index (χ1n) is 7.59. The van der Waals surface area contributed by atoms with Gasteiger partial charge in [-0.1, -0.05) is 18.5 Å². The first-order chi connectivity index (χ1) is 10.2. The van der Waals surface area contributed by atoms with E-state index in [1.165, 1.54) is 0 Å². The van der Waals surface area contributed by atoms with E-state index in [4.69, 9.17) is 11.6 Å². The lowest BCUT2D eigenvalue weighted by molar-refractivity contribution is -0.114. The van der Waals surface area contributed by atoms with Gasteiger partial charge in [0.2, 0.25) is 0 Å². The molecule has 2 aliphatic rings. The van der Waals surface area contributed by atoms with Crippen molar-refractivity contribution in [3.63, 3.8) is 0 Å². The van der Waals surface area contributed by atoms with Crippen molar-refractivity contribution >= 4 is 29.0 Å². The van der Waals surface area contributed by atoms with Gasteiger partial charge in [-0.15, -0.1) is 0 Å². The van der Waals surface area contributed by atoms with Crippen molar-refractivity contribution in [2.75, 3.05) is 11.4 Å². The van der Waals surface area contributed by atoms with Gasteiger partial charge in [0.15, 0.2) is 0 Å². The molecule has 0 unspecified atom stereocenters. The molecule has 1 aromatic carbocycles. The van der Waals surface area contributed by atoms with Gasteiger partial charge in [-0.2, -0.15) is 0 Å². The van der Waals surface area contributed by atoms with Crippen molar-refractivity contribution in [1.82, 2.24) is 0 Å². The van der Waals surface area contributed by atoms with Crippen molar-refractivity contribution in [2.24, 2.45) is 4.99 Å². The van der Waals surface area contributed by atoms with E-state index in [0.29, 0.717) is 5.02 Å². The second-order valence-corrected chi connectivity index (χ2v) is 5.92. The quantitative estimate of drug-likeness (QED) is 0.816. The van der Waals surface area contributed by atoms with Crippen LogP contribution in [0.25, 0.3) is 0 Å². The highest BCUT2D eigenvalue weighted by molar-refractivity contribution is 6.35. The Kier molecular flexibility index (Phi) is 4.11. The molecular formula is C17H19ClN2O. The molecule has 110 valence electrons. The average molecular weight is 303 g/mol. The molecule has 0 fully saturated rings. The van der Waals surface area contributed by atoms with E-state index in [0.717, 1.165) is 61.3 Å². The molecule has 1 amide bonds. The third-order valence-corrected chi connectivity index (χ3v) is 4.23. The first-order valence-corrected chi connectivity index (χ1v) is 7.97. The Morgan fingerprint density at radius 3 is 2.48 bits per heavy atom. The molecule has 0 aromatic heterocycles. The summed E-state index contributed by atoms with van der Waals surface area (Å²) in [5.41, 5.74) is 2.98. The van der Waals surface area contributed by atoms with Crippen LogP contribution in [0.4, 0.5) is 5.69 Å². The Morgan fingerprint density at radius 1 is 1.14 bits per heavy atom. The van der Waals surface area contributed by atoms with E-state index in [2.05, 4.69) is 11.9 Å². The summed E-state index contributed by atoms with van der Waals surface area (Å²) in [5, 5.41) is 0.676. The van der Waals surface area contributed by atoms with Gasteiger partial charge in [0.1, 0.15) is 5.84 Å². The van der Waals surface area contributed by atoms with Crippen LogP contribution in [-0.4, -0.2) is 18.3 Å². The molecule has 0 saturated heterocycles. The van der Waals surface area contributed by atoms with E-state index in [1.807, 2.05) is 24.3 Å². The third kappa shape index (κ3) is 2.62. The first kappa shape index (κ1) is 14.3. The molecule has 0 bridgehead atoms. The molecule has 0 saturated carbocycles. The van der Waals surface area contributed by atoms with Gasteiger partial charge in [0, 0.05) is 22.7 Å². The maximum Gasteiger partial charge on any atom is 0.260 e. The van der Waals surface area contributed by atoms with Crippen LogP contribution < -0.4 is 4.90 Å². The largest absolute Gasteiger partial charge is 0.269 e. The molecular weight excluding hydrogens is 284 g/mol.